The van der Waals surface area contributed by atoms with Gasteiger partial charge in [-0.15, -0.1) is 0 Å². The van der Waals surface area contributed by atoms with Crippen LogP contribution in [0.2, 0.25) is 0 Å². The van der Waals surface area contributed by atoms with Crippen molar-refractivity contribution in [3.8, 4) is 17.1 Å². The number of imidazole rings is 1. The summed E-state index contributed by atoms with van der Waals surface area (Å²) in [5, 5.41) is 2.60. The van der Waals surface area contributed by atoms with Gasteiger partial charge in [-0.1, -0.05) is 66.7 Å². The summed E-state index contributed by atoms with van der Waals surface area (Å²) in [7, 11) is 0. The molecule has 0 atom stereocenters. The summed E-state index contributed by atoms with van der Waals surface area (Å²) in [6, 6.07) is 27.8. The summed E-state index contributed by atoms with van der Waals surface area (Å²) in [5.41, 5.74) is 8.71. The lowest BCUT2D eigenvalue weighted by Gasteiger charge is -2.22. The Kier molecular flexibility index (Phi) is 3.85. The quantitative estimate of drug-likeness (QED) is 0.316. The fourth-order valence-electron chi connectivity index (χ4n) is 4.90. The highest BCUT2D eigenvalue weighted by molar-refractivity contribution is 6.04. The van der Waals surface area contributed by atoms with Gasteiger partial charge in [0.1, 0.15) is 5.82 Å². The number of allylic oxidation sites excluding steroid dienone is 1. The second kappa shape index (κ2) is 6.70. The molecular weight excluding hydrogens is 364 g/mol. The van der Waals surface area contributed by atoms with Crippen molar-refractivity contribution in [1.29, 1.82) is 0 Å². The van der Waals surface area contributed by atoms with Crippen molar-refractivity contribution in [3.63, 3.8) is 0 Å². The predicted molar refractivity (Wildman–Crippen MR) is 126 cm³/mol. The van der Waals surface area contributed by atoms with Crippen LogP contribution in [0.25, 0.3) is 45.0 Å². The van der Waals surface area contributed by atoms with E-state index >= 15 is 0 Å². The lowest BCUT2D eigenvalue weighted by molar-refractivity contribution is 0.974. The third-order valence-corrected chi connectivity index (χ3v) is 6.29. The van der Waals surface area contributed by atoms with Crippen LogP contribution in [0.3, 0.4) is 0 Å². The van der Waals surface area contributed by atoms with Crippen LogP contribution in [0, 0.1) is 6.92 Å². The molecule has 0 spiro atoms. The van der Waals surface area contributed by atoms with Crippen LogP contribution < -0.4 is 0 Å². The monoisotopic (exact) mass is 386 g/mol. The summed E-state index contributed by atoms with van der Waals surface area (Å²) in [6.07, 6.45) is 6.79. The van der Waals surface area contributed by atoms with Gasteiger partial charge in [-0.2, -0.15) is 0 Å². The zero-order chi connectivity index (χ0) is 20.1. The van der Waals surface area contributed by atoms with Crippen LogP contribution in [-0.2, 0) is 6.42 Å². The van der Waals surface area contributed by atoms with Gasteiger partial charge in [-0.3, -0.25) is 4.57 Å². The first-order chi connectivity index (χ1) is 14.8. The Morgan fingerprint density at radius 3 is 2.40 bits per heavy atom. The number of fused-ring (bicyclic) bond motifs is 3. The van der Waals surface area contributed by atoms with Crippen molar-refractivity contribution < 1.29 is 0 Å². The Balaban J connectivity index is 1.81. The molecule has 4 aromatic carbocycles. The number of para-hydroxylation sites is 3. The second-order valence-electron chi connectivity index (χ2n) is 7.97. The topological polar surface area (TPSA) is 17.8 Å². The molecule has 5 aromatic rings. The third kappa shape index (κ3) is 2.47. The Bertz CT molecular complexity index is 1440. The number of hydrogen-bond donors (Lipinski definition) is 0. The Morgan fingerprint density at radius 1 is 0.800 bits per heavy atom. The van der Waals surface area contributed by atoms with E-state index in [0.29, 0.717) is 0 Å². The van der Waals surface area contributed by atoms with E-state index in [1.165, 1.54) is 33.0 Å². The van der Waals surface area contributed by atoms with Crippen molar-refractivity contribution in [2.75, 3.05) is 0 Å². The highest BCUT2D eigenvalue weighted by Crippen LogP contribution is 2.41. The van der Waals surface area contributed by atoms with Crippen molar-refractivity contribution in [2.45, 2.75) is 19.8 Å². The molecule has 144 valence electrons. The molecule has 0 unspecified atom stereocenters. The average molecular weight is 386 g/mol. The minimum Gasteiger partial charge on any atom is -0.292 e. The molecule has 2 nitrogen and oxygen atoms in total. The molecule has 0 radical (unpaired) electrons. The zero-order valence-electron chi connectivity index (χ0n) is 17.0. The smallest absolute Gasteiger partial charge is 0.146 e. The summed E-state index contributed by atoms with van der Waals surface area (Å²) in [6.45, 7) is 2.27. The van der Waals surface area contributed by atoms with Crippen LogP contribution in [0.15, 0.2) is 84.9 Å². The largest absolute Gasteiger partial charge is 0.292 e. The van der Waals surface area contributed by atoms with Gasteiger partial charge in [0.15, 0.2) is 0 Å². The number of aromatic nitrogens is 2. The highest BCUT2D eigenvalue weighted by atomic mass is 15.1. The Labute approximate surface area is 176 Å². The maximum atomic E-state index is 5.18. The molecule has 30 heavy (non-hydrogen) atoms. The minimum absolute atomic E-state index is 1.02. The lowest BCUT2D eigenvalue weighted by atomic mass is 9.84. The fraction of sp³-hybridized carbons (Fsp3) is 0.107. The molecular formula is C28H22N2. The molecule has 1 aliphatic carbocycles. The molecule has 0 fully saturated rings. The van der Waals surface area contributed by atoms with Crippen LogP contribution in [-0.4, -0.2) is 9.55 Å². The van der Waals surface area contributed by atoms with Crippen LogP contribution in [0.1, 0.15) is 23.1 Å². The predicted octanol–water partition coefficient (Wildman–Crippen LogP) is 7.11. The summed E-state index contributed by atoms with van der Waals surface area (Å²) >= 11 is 0. The molecule has 0 saturated heterocycles. The summed E-state index contributed by atoms with van der Waals surface area (Å²) in [5.74, 6) is 1.02. The molecule has 0 amide bonds. The van der Waals surface area contributed by atoms with Gasteiger partial charge in [-0.25, -0.2) is 4.98 Å². The number of benzene rings is 4. The van der Waals surface area contributed by atoms with E-state index in [9.17, 15) is 0 Å². The molecule has 1 aromatic heterocycles. The van der Waals surface area contributed by atoms with Gasteiger partial charge >= 0.3 is 0 Å². The number of hydrogen-bond acceptors (Lipinski definition) is 1. The fourth-order valence-corrected chi connectivity index (χ4v) is 4.90. The van der Waals surface area contributed by atoms with Crippen LogP contribution in [0.5, 0.6) is 0 Å². The van der Waals surface area contributed by atoms with Crippen molar-refractivity contribution in [3.05, 3.63) is 102 Å². The van der Waals surface area contributed by atoms with Gasteiger partial charge in [0.05, 0.1) is 11.0 Å². The minimum atomic E-state index is 1.02. The highest BCUT2D eigenvalue weighted by Gasteiger charge is 2.23. The molecule has 1 heterocycles. The van der Waals surface area contributed by atoms with Crippen molar-refractivity contribution in [1.82, 2.24) is 9.55 Å². The first-order valence-electron chi connectivity index (χ1n) is 10.6. The van der Waals surface area contributed by atoms with E-state index in [0.717, 1.165) is 35.4 Å². The summed E-state index contributed by atoms with van der Waals surface area (Å²) in [4.78, 5) is 5.18. The summed E-state index contributed by atoms with van der Waals surface area (Å²) < 4.78 is 2.31. The van der Waals surface area contributed by atoms with Gasteiger partial charge < -0.3 is 0 Å². The number of nitrogens with zero attached hydrogens (tertiary/aromatic N) is 2. The van der Waals surface area contributed by atoms with E-state index in [2.05, 4.69) is 103 Å². The van der Waals surface area contributed by atoms with Gasteiger partial charge in [0.2, 0.25) is 0 Å². The average Bonchev–Trinajstić information content (AvgIpc) is 3.19. The number of aryl methyl sites for hydroxylation is 1. The van der Waals surface area contributed by atoms with Gasteiger partial charge in [0, 0.05) is 11.3 Å². The molecule has 2 heteroatoms. The van der Waals surface area contributed by atoms with Gasteiger partial charge in [0.25, 0.3) is 0 Å². The molecule has 1 aliphatic rings. The van der Waals surface area contributed by atoms with Crippen LogP contribution >= 0.6 is 0 Å². The maximum absolute atomic E-state index is 5.18. The van der Waals surface area contributed by atoms with Crippen molar-refractivity contribution >= 4 is 27.9 Å². The van der Waals surface area contributed by atoms with E-state index in [1.54, 1.807) is 0 Å². The second-order valence-corrected chi connectivity index (χ2v) is 7.97. The van der Waals surface area contributed by atoms with E-state index < -0.39 is 0 Å². The molecule has 0 saturated carbocycles. The first-order valence-corrected chi connectivity index (χ1v) is 10.6. The molecule has 6 rings (SSSR count). The molecule has 0 aliphatic heterocycles. The molecule has 0 bridgehead atoms. The maximum Gasteiger partial charge on any atom is 0.146 e. The Morgan fingerprint density at radius 2 is 1.53 bits per heavy atom. The zero-order valence-corrected chi connectivity index (χ0v) is 17.0. The van der Waals surface area contributed by atoms with Gasteiger partial charge in [-0.05, 0) is 71.5 Å². The lowest BCUT2D eigenvalue weighted by Crippen LogP contribution is -2.05. The molecule has 0 N–H and O–H groups in total. The van der Waals surface area contributed by atoms with E-state index in [-0.39, 0.29) is 0 Å². The standard InChI is InChI=1S/C28H22N2/c1-19-21-13-5-7-15-23(21)27(24-16-8-6-14-22(19)24)28-29-25-17-9-10-18-26(25)30(28)20-11-3-2-4-12-20/h2-5,7-13,15-18H,6,14H2,1H3. The third-order valence-electron chi connectivity index (χ3n) is 6.29. The van der Waals surface area contributed by atoms with E-state index in [4.69, 9.17) is 4.98 Å². The number of rotatable bonds is 2. The van der Waals surface area contributed by atoms with E-state index in [1.807, 2.05) is 0 Å². The SMILES string of the molecule is Cc1c2c(c(-c3nc4ccccc4n3-c3ccccc3)c3ccccc13)C=CCC2. The first kappa shape index (κ1) is 17.2. The normalized spacial score (nSPS) is 13.1. The van der Waals surface area contributed by atoms with Crippen molar-refractivity contribution in [2.24, 2.45) is 0 Å². The van der Waals surface area contributed by atoms with Crippen LogP contribution in [0.4, 0.5) is 0 Å². The Hall–Kier alpha value is -3.65.